The molecule has 1 unspecified atom stereocenters. The van der Waals surface area contributed by atoms with Crippen LogP contribution in [-0.4, -0.2) is 66.1 Å². The lowest BCUT2D eigenvalue weighted by Gasteiger charge is -2.53. The van der Waals surface area contributed by atoms with E-state index in [1.807, 2.05) is 26.8 Å². The van der Waals surface area contributed by atoms with Crippen molar-refractivity contribution in [1.82, 2.24) is 5.32 Å². The molecule has 2 saturated carbocycles. The van der Waals surface area contributed by atoms with Crippen LogP contribution in [0.2, 0.25) is 0 Å². The maximum atomic E-state index is 13.9. The molecule has 0 spiro atoms. The predicted molar refractivity (Wildman–Crippen MR) is 141 cm³/mol. The Balaban J connectivity index is 1.58. The number of nitrogens with one attached hydrogen (secondary N) is 1. The molecule has 9 heteroatoms. The number of allylic oxidation sites excluding steroid dienone is 4. The van der Waals surface area contributed by atoms with E-state index in [0.29, 0.717) is 25.7 Å². The number of rotatable bonds is 10. The zero-order valence-corrected chi connectivity index (χ0v) is 23.3. The summed E-state index contributed by atoms with van der Waals surface area (Å²) in [5.41, 5.74) is 4.26. The van der Waals surface area contributed by atoms with E-state index in [0.717, 1.165) is 18.4 Å². The summed E-state index contributed by atoms with van der Waals surface area (Å²) in [6.07, 6.45) is 7.61. The number of hydrogen-bond acceptors (Lipinski definition) is 8. The van der Waals surface area contributed by atoms with Crippen LogP contribution in [-0.2, 0) is 28.6 Å². The van der Waals surface area contributed by atoms with Gasteiger partial charge in [-0.15, -0.1) is 0 Å². The molecule has 4 N–H and O–H groups in total. The van der Waals surface area contributed by atoms with Crippen LogP contribution < -0.4 is 11.1 Å². The van der Waals surface area contributed by atoms with Gasteiger partial charge in [0.05, 0.1) is 18.2 Å². The zero-order valence-electron chi connectivity index (χ0n) is 23.3. The Hall–Kier alpha value is -1.91. The standard InChI is InChI=1S/C29H44N2O7/c1-6-8-25-37-24-13-19-12-21(27(4)10-9-20(32)11-18(27)7-2)22(33)14-28(19,5)29(24,38-25)23(34)15-36-16-31-26(35)17(3)30/h9-11,17,19,21-22,24-25,33H,6-8,12-16,30H2,1-5H3,(H,31,35)/t17-,19+,21+,22-,24+,25?,27-,28-,29+/m0/s1. The van der Waals surface area contributed by atoms with Crippen molar-refractivity contribution in [1.29, 1.82) is 0 Å². The first-order valence-electron chi connectivity index (χ1n) is 14.0. The van der Waals surface area contributed by atoms with Crippen molar-refractivity contribution >= 4 is 17.5 Å². The first-order chi connectivity index (χ1) is 17.9. The van der Waals surface area contributed by atoms with Crippen molar-refractivity contribution in [2.45, 2.75) is 103 Å². The molecule has 3 aliphatic carbocycles. The fourth-order valence-corrected chi connectivity index (χ4v) is 7.54. The maximum absolute atomic E-state index is 13.9. The molecule has 1 amide bonds. The number of ether oxygens (including phenoxy) is 3. The highest BCUT2D eigenvalue weighted by molar-refractivity contribution is 6.01. The van der Waals surface area contributed by atoms with Crippen LogP contribution in [0.25, 0.3) is 0 Å². The van der Waals surface area contributed by atoms with Gasteiger partial charge in [-0.05, 0) is 63.0 Å². The van der Waals surface area contributed by atoms with Gasteiger partial charge in [0.1, 0.15) is 13.3 Å². The second-order valence-electron chi connectivity index (χ2n) is 11.9. The summed E-state index contributed by atoms with van der Waals surface area (Å²) in [5, 5.41) is 14.2. The minimum absolute atomic E-state index is 0.0183. The minimum atomic E-state index is -1.24. The first-order valence-corrected chi connectivity index (χ1v) is 14.0. The third-order valence-corrected chi connectivity index (χ3v) is 9.66. The quantitative estimate of drug-likeness (QED) is 0.288. The van der Waals surface area contributed by atoms with E-state index in [9.17, 15) is 19.5 Å². The van der Waals surface area contributed by atoms with E-state index < -0.39 is 41.0 Å². The Morgan fingerprint density at radius 1 is 1.29 bits per heavy atom. The van der Waals surface area contributed by atoms with Gasteiger partial charge < -0.3 is 30.4 Å². The molecule has 1 heterocycles. The number of aliphatic hydroxyl groups excluding tert-OH is 1. The molecule has 9 nitrogen and oxygen atoms in total. The summed E-state index contributed by atoms with van der Waals surface area (Å²) in [5.74, 6) is -0.631. The normalized spacial score (nSPS) is 40.9. The smallest absolute Gasteiger partial charge is 0.238 e. The molecule has 3 fully saturated rings. The van der Waals surface area contributed by atoms with Crippen molar-refractivity contribution in [3.8, 4) is 0 Å². The molecule has 0 aromatic rings. The van der Waals surface area contributed by atoms with Crippen LogP contribution in [0.15, 0.2) is 23.8 Å². The van der Waals surface area contributed by atoms with Crippen LogP contribution in [0.3, 0.4) is 0 Å². The van der Waals surface area contributed by atoms with Gasteiger partial charge >= 0.3 is 0 Å². The zero-order chi connectivity index (χ0) is 27.9. The monoisotopic (exact) mass is 532 g/mol. The van der Waals surface area contributed by atoms with Gasteiger partial charge in [-0.2, -0.15) is 0 Å². The second-order valence-corrected chi connectivity index (χ2v) is 11.9. The lowest BCUT2D eigenvalue weighted by Crippen LogP contribution is -2.61. The molecule has 1 saturated heterocycles. The molecule has 0 bridgehead atoms. The number of amides is 1. The van der Waals surface area contributed by atoms with Crippen molar-refractivity contribution in [2.24, 2.45) is 28.4 Å². The van der Waals surface area contributed by atoms with Gasteiger partial charge in [0, 0.05) is 10.8 Å². The van der Waals surface area contributed by atoms with Gasteiger partial charge in [-0.25, -0.2) is 0 Å². The Morgan fingerprint density at radius 2 is 2.03 bits per heavy atom. The summed E-state index contributed by atoms with van der Waals surface area (Å²) in [4.78, 5) is 37.8. The fraction of sp³-hybridized carbons (Fsp3) is 0.759. The maximum Gasteiger partial charge on any atom is 0.238 e. The number of aliphatic hydroxyl groups is 1. The molecule has 1 aliphatic heterocycles. The second kappa shape index (κ2) is 10.9. The summed E-state index contributed by atoms with van der Waals surface area (Å²) in [7, 11) is 0. The van der Waals surface area contributed by atoms with Gasteiger partial charge in [0.25, 0.3) is 0 Å². The molecular formula is C29H44N2O7. The predicted octanol–water partition coefficient (Wildman–Crippen LogP) is 2.55. The Bertz CT molecular complexity index is 1010. The van der Waals surface area contributed by atoms with Gasteiger partial charge in [0.2, 0.25) is 5.91 Å². The third kappa shape index (κ3) is 4.70. The highest BCUT2D eigenvalue weighted by atomic mass is 16.7. The van der Waals surface area contributed by atoms with Gasteiger partial charge in [0.15, 0.2) is 23.5 Å². The van der Waals surface area contributed by atoms with Crippen molar-refractivity contribution in [2.75, 3.05) is 13.3 Å². The Morgan fingerprint density at radius 3 is 2.68 bits per heavy atom. The Kier molecular flexibility index (Phi) is 8.36. The van der Waals surface area contributed by atoms with E-state index in [4.69, 9.17) is 19.9 Å². The first kappa shape index (κ1) is 29.1. The lowest BCUT2D eigenvalue weighted by atomic mass is 9.53. The van der Waals surface area contributed by atoms with Crippen LogP contribution in [0.5, 0.6) is 0 Å². The number of Topliss-reactive ketones (excluding diaryl/α,β-unsaturated/α-hetero) is 1. The molecule has 38 heavy (non-hydrogen) atoms. The largest absolute Gasteiger partial charge is 0.393 e. The molecule has 4 rings (SSSR count). The summed E-state index contributed by atoms with van der Waals surface area (Å²) in [6.45, 7) is 9.43. The number of carbonyl (C=O) groups is 3. The van der Waals surface area contributed by atoms with E-state index in [1.165, 1.54) is 0 Å². The topological polar surface area (TPSA) is 137 Å². The average molecular weight is 533 g/mol. The SMILES string of the molecule is CCCC1O[C@@H]2C[C@H]3C[C@@H]([C@@]4(C)C=CC(=O)C=C4CC)[C@@H](O)C[C@]3(C)[C@]2(C(=O)COCNC(=O)[C@H](C)N)O1. The number of fused-ring (bicyclic) bond motifs is 3. The minimum Gasteiger partial charge on any atom is -0.393 e. The molecule has 4 aliphatic rings. The summed E-state index contributed by atoms with van der Waals surface area (Å²) < 4.78 is 18.4. The fourth-order valence-electron chi connectivity index (χ4n) is 7.54. The van der Waals surface area contributed by atoms with Crippen molar-refractivity contribution in [3.63, 3.8) is 0 Å². The molecule has 0 radical (unpaired) electrons. The highest BCUT2D eigenvalue weighted by Crippen LogP contribution is 2.66. The number of carbonyl (C=O) groups excluding carboxylic acids is 3. The highest BCUT2D eigenvalue weighted by Gasteiger charge is 2.73. The average Bonchev–Trinajstić information content (AvgIpc) is 3.34. The summed E-state index contributed by atoms with van der Waals surface area (Å²) >= 11 is 0. The molecule has 9 atom stereocenters. The van der Waals surface area contributed by atoms with E-state index in [1.54, 1.807) is 19.1 Å². The van der Waals surface area contributed by atoms with Gasteiger partial charge in [-0.1, -0.05) is 45.8 Å². The number of ketones is 2. The van der Waals surface area contributed by atoms with Crippen LogP contribution in [0.4, 0.5) is 0 Å². The molecule has 0 aromatic carbocycles. The third-order valence-electron chi connectivity index (χ3n) is 9.66. The van der Waals surface area contributed by atoms with Crippen LogP contribution in [0.1, 0.15) is 73.1 Å². The van der Waals surface area contributed by atoms with E-state index in [-0.39, 0.29) is 42.6 Å². The molecular weight excluding hydrogens is 488 g/mol. The number of hydrogen-bond donors (Lipinski definition) is 3. The molecule has 212 valence electrons. The Labute approximate surface area is 225 Å². The van der Waals surface area contributed by atoms with E-state index in [2.05, 4.69) is 12.2 Å². The van der Waals surface area contributed by atoms with Crippen molar-refractivity contribution < 1.29 is 33.7 Å². The molecule has 0 aromatic heterocycles. The van der Waals surface area contributed by atoms with E-state index >= 15 is 0 Å². The number of nitrogens with two attached hydrogens (primary N) is 1. The van der Waals surface area contributed by atoms with Gasteiger partial charge in [-0.3, -0.25) is 14.4 Å². The van der Waals surface area contributed by atoms with Crippen LogP contribution >= 0.6 is 0 Å². The lowest BCUT2D eigenvalue weighted by molar-refractivity contribution is -0.189. The van der Waals surface area contributed by atoms with Crippen molar-refractivity contribution in [3.05, 3.63) is 23.8 Å². The summed E-state index contributed by atoms with van der Waals surface area (Å²) in [6, 6.07) is -0.674. The van der Waals surface area contributed by atoms with Crippen LogP contribution in [0, 0.1) is 22.7 Å².